The van der Waals surface area contributed by atoms with Crippen molar-refractivity contribution in [3.05, 3.63) is 130 Å². The molecule has 0 aromatic heterocycles. The van der Waals surface area contributed by atoms with Gasteiger partial charge in [0.1, 0.15) is 23.9 Å². The van der Waals surface area contributed by atoms with Gasteiger partial charge in [0.25, 0.3) is 11.8 Å². The van der Waals surface area contributed by atoms with Crippen LogP contribution < -0.4 is 5.43 Å². The van der Waals surface area contributed by atoms with E-state index < -0.39 is 107 Å². The molecule has 2 heterocycles. The minimum absolute atomic E-state index is 0.00350. The zero-order valence-electron chi connectivity index (χ0n) is 45.1. The highest BCUT2D eigenvalue weighted by atomic mass is 16.6. The maximum atomic E-state index is 15.7. The maximum Gasteiger partial charge on any atom is 0.348 e. The smallest absolute Gasteiger partial charge is 0.348 e. The van der Waals surface area contributed by atoms with Gasteiger partial charge in [0.15, 0.2) is 17.5 Å². The van der Waals surface area contributed by atoms with Gasteiger partial charge in [-0.1, -0.05) is 80.9 Å². The number of aliphatic hydroxyl groups excluding tert-OH is 1. The normalized spacial score (nSPS) is 28.2. The average Bonchev–Trinajstić information content (AvgIpc) is 3.68. The summed E-state index contributed by atoms with van der Waals surface area (Å²) in [7, 11) is 0. The van der Waals surface area contributed by atoms with E-state index in [0.29, 0.717) is 36.1 Å². The number of hydrogen-bond acceptors (Lipinski definition) is 18. The Morgan fingerprint density at radius 3 is 2.01 bits per heavy atom. The summed E-state index contributed by atoms with van der Waals surface area (Å²) in [6.45, 7) is 9.90. The van der Waals surface area contributed by atoms with E-state index in [1.807, 2.05) is 0 Å². The molecule has 1 unspecified atom stereocenters. The largest absolute Gasteiger partial charge is 0.455 e. The number of fused-ring (bicyclic) bond motifs is 5. The standard InChI is InChI=1S/C59H65N3O17/c1-33-42(77-55(72)41(29-37-17-11-8-12-18-37)76-53(70)40-24-22-38(23-25-40)34(2)60-61-45(66)21-15-10-16-28-62-46(67)26-27-47(62)68)31-59(73)52(78-54(71)39-19-13-9-14-20-39)50-57(7,43(65)30-44-58(50,32-74-44)79-36(4)64)51(69)49(75-35(3)63)48(33)56(59,5)6/h8-9,11-14,17-20,22-27,41-44,49-50,52,65,73H,10,15-16,21,28-32H2,1-7H3,(H,61,66)/b60-34+/t41-,42+,43+,44-,49-,50?,52+,57-,58+,59-/m0/s1. The van der Waals surface area contributed by atoms with Gasteiger partial charge in [0.05, 0.1) is 40.9 Å². The molecule has 2 bridgehead atoms. The van der Waals surface area contributed by atoms with Gasteiger partial charge in [-0.3, -0.25) is 33.7 Å². The Morgan fingerprint density at radius 1 is 0.785 bits per heavy atom. The van der Waals surface area contributed by atoms with Crippen molar-refractivity contribution < 1.29 is 81.8 Å². The molecule has 0 radical (unpaired) electrons. The number of esters is 5. The van der Waals surface area contributed by atoms with Crippen molar-refractivity contribution in [2.75, 3.05) is 13.2 Å². The van der Waals surface area contributed by atoms with Crippen molar-refractivity contribution in [3.63, 3.8) is 0 Å². The topological polar surface area (TPSA) is 277 Å². The monoisotopic (exact) mass is 1090 g/mol. The molecule has 10 atom stereocenters. The summed E-state index contributed by atoms with van der Waals surface area (Å²) >= 11 is 0. The minimum atomic E-state index is -2.41. The molecule has 3 amide bonds. The highest BCUT2D eigenvalue weighted by Gasteiger charge is 2.78. The minimum Gasteiger partial charge on any atom is -0.455 e. The number of ether oxygens (including phenoxy) is 6. The number of carbonyl (C=O) groups is 9. The second-order valence-corrected chi connectivity index (χ2v) is 21.5. The van der Waals surface area contributed by atoms with E-state index in [4.69, 9.17) is 28.4 Å². The van der Waals surface area contributed by atoms with Crippen LogP contribution in [0.1, 0.15) is 119 Å². The first-order chi connectivity index (χ1) is 37.4. The van der Waals surface area contributed by atoms with Crippen LogP contribution in [0.25, 0.3) is 0 Å². The maximum absolute atomic E-state index is 15.7. The van der Waals surface area contributed by atoms with Crippen molar-refractivity contribution in [2.24, 2.45) is 21.8 Å². The summed E-state index contributed by atoms with van der Waals surface area (Å²) in [5, 5.41) is 30.2. The molecular formula is C59H65N3O17. The third-order valence-corrected chi connectivity index (χ3v) is 16.3. The molecule has 2 aliphatic heterocycles. The van der Waals surface area contributed by atoms with Crippen molar-refractivity contribution >= 4 is 59.1 Å². The average molecular weight is 1090 g/mol. The third-order valence-electron chi connectivity index (χ3n) is 16.3. The third kappa shape index (κ3) is 11.2. The first-order valence-corrected chi connectivity index (χ1v) is 26.3. The van der Waals surface area contributed by atoms with E-state index in [2.05, 4.69) is 10.5 Å². The summed E-state index contributed by atoms with van der Waals surface area (Å²) in [6, 6.07) is 22.5. The van der Waals surface area contributed by atoms with Crippen LogP contribution in [0.2, 0.25) is 0 Å². The number of ketones is 1. The van der Waals surface area contributed by atoms with Crippen LogP contribution in [-0.2, 0) is 68.4 Å². The van der Waals surface area contributed by atoms with Gasteiger partial charge in [0.2, 0.25) is 12.0 Å². The van der Waals surface area contributed by atoms with Gasteiger partial charge >= 0.3 is 29.8 Å². The number of nitrogens with zero attached hydrogens (tertiary/aromatic N) is 2. The van der Waals surface area contributed by atoms with Crippen LogP contribution >= 0.6 is 0 Å². The van der Waals surface area contributed by atoms with Gasteiger partial charge < -0.3 is 38.6 Å². The lowest BCUT2D eigenvalue weighted by atomic mass is 9.44. The number of hydrogen-bond donors (Lipinski definition) is 3. The molecule has 20 nitrogen and oxygen atoms in total. The highest BCUT2D eigenvalue weighted by Crippen LogP contribution is 2.64. The summed E-state index contributed by atoms with van der Waals surface area (Å²) in [5.41, 5.74) is -3.65. The Labute approximate surface area is 456 Å². The predicted molar refractivity (Wildman–Crippen MR) is 279 cm³/mol. The molecule has 5 aliphatic rings. The van der Waals surface area contributed by atoms with E-state index in [-0.39, 0.29) is 72.4 Å². The number of Topliss-reactive ketones (excluding diaryl/α,β-unsaturated/α-hetero) is 1. The van der Waals surface area contributed by atoms with Crippen molar-refractivity contribution in [2.45, 2.75) is 141 Å². The van der Waals surface area contributed by atoms with Crippen molar-refractivity contribution in [3.8, 4) is 0 Å². The van der Waals surface area contributed by atoms with E-state index in [1.54, 1.807) is 88.4 Å². The lowest BCUT2D eigenvalue weighted by Crippen LogP contribution is -2.82. The van der Waals surface area contributed by atoms with Gasteiger partial charge in [-0.2, -0.15) is 5.10 Å². The molecule has 3 aromatic rings. The number of imide groups is 1. The van der Waals surface area contributed by atoms with Crippen molar-refractivity contribution in [1.82, 2.24) is 10.3 Å². The van der Waals surface area contributed by atoms with E-state index >= 15 is 4.79 Å². The predicted octanol–water partition coefficient (Wildman–Crippen LogP) is 5.00. The molecule has 0 spiro atoms. The van der Waals surface area contributed by atoms with E-state index in [0.717, 1.165) is 18.7 Å². The number of rotatable bonds is 18. The zero-order chi connectivity index (χ0) is 57.2. The molecule has 3 fully saturated rings. The fourth-order valence-electron chi connectivity index (χ4n) is 11.9. The zero-order valence-corrected chi connectivity index (χ0v) is 45.1. The summed E-state index contributed by atoms with van der Waals surface area (Å²) in [4.78, 5) is 123. The number of amides is 3. The number of unbranched alkanes of at least 4 members (excludes halogenated alkanes) is 2. The quantitative estimate of drug-likeness (QED) is 0.0288. The fourth-order valence-corrected chi connectivity index (χ4v) is 11.9. The number of carbonyl (C=O) groups excluding carboxylic acids is 9. The lowest BCUT2D eigenvalue weighted by Gasteiger charge is -2.67. The summed E-state index contributed by atoms with van der Waals surface area (Å²) < 4.78 is 36.7. The van der Waals surface area contributed by atoms with Gasteiger partial charge in [-0.15, -0.1) is 0 Å². The van der Waals surface area contributed by atoms with Gasteiger partial charge in [0, 0.05) is 63.6 Å². The van der Waals surface area contributed by atoms with Crippen LogP contribution in [0.5, 0.6) is 0 Å². The first kappa shape index (κ1) is 57.5. The van der Waals surface area contributed by atoms with Crippen LogP contribution in [0.4, 0.5) is 0 Å². The summed E-state index contributed by atoms with van der Waals surface area (Å²) in [6.07, 6.45) is -6.13. The SMILES string of the molecule is CC(=O)O[C@@H]1C(=O)[C@]2(C)C([C@@H](OC(=O)c3ccccc3)[C@@]3(O)C[C@@H](OC(=O)[C@H](Cc4ccccc4)OC(=O)c4ccc(/C(C)=N/NC(=O)CCCCCN5C(=O)C=CC5=O)cc4)C(C)=C1C3(C)C)[C@@]1(OC(C)=O)CO[C@H]1C[C@H]2O. The molecule has 79 heavy (non-hydrogen) atoms. The molecule has 3 aliphatic carbocycles. The van der Waals surface area contributed by atoms with Crippen LogP contribution in [0, 0.1) is 16.7 Å². The van der Waals surface area contributed by atoms with Crippen LogP contribution in [0.15, 0.2) is 113 Å². The molecule has 418 valence electrons. The Kier molecular flexibility index (Phi) is 16.7. The molecule has 8 rings (SSSR count). The highest BCUT2D eigenvalue weighted by molar-refractivity contribution is 6.12. The Hall–Kier alpha value is -7.68. The number of benzene rings is 3. The second-order valence-electron chi connectivity index (χ2n) is 21.5. The first-order valence-electron chi connectivity index (χ1n) is 26.3. The molecule has 3 aromatic carbocycles. The van der Waals surface area contributed by atoms with Crippen molar-refractivity contribution in [1.29, 1.82) is 0 Å². The van der Waals surface area contributed by atoms with Crippen LogP contribution in [0.3, 0.4) is 0 Å². The molecular weight excluding hydrogens is 1020 g/mol. The van der Waals surface area contributed by atoms with E-state index in [9.17, 15) is 48.6 Å². The Morgan fingerprint density at radius 2 is 1.41 bits per heavy atom. The molecule has 2 saturated carbocycles. The van der Waals surface area contributed by atoms with E-state index in [1.165, 1.54) is 43.3 Å². The van der Waals surface area contributed by atoms with Gasteiger partial charge in [-0.05, 0) is 80.2 Å². The number of nitrogens with one attached hydrogen (secondary N) is 1. The number of aliphatic hydroxyl groups is 2. The Balaban J connectivity index is 1.08. The number of hydrazone groups is 1. The Bertz CT molecular complexity index is 2990. The lowest BCUT2D eigenvalue weighted by molar-refractivity contribution is -0.346. The molecule has 3 N–H and O–H groups in total. The molecule has 1 saturated heterocycles. The second kappa shape index (κ2) is 23.0. The molecule has 20 heteroatoms. The van der Waals surface area contributed by atoms with Gasteiger partial charge in [-0.25, -0.2) is 19.8 Å². The van der Waals surface area contributed by atoms with Crippen LogP contribution in [-0.4, -0.2) is 135 Å². The summed E-state index contributed by atoms with van der Waals surface area (Å²) in [5.74, 6) is -8.12. The fraction of sp³-hybridized carbons (Fsp3) is 0.458.